The van der Waals surface area contributed by atoms with E-state index in [1.165, 1.54) is 23.1 Å². The standard InChI is InChI=1S/C44H38N4O8/c1-28(9-8-16-41(50)45-26-31-11-3-2-10-30(31)23-34(45)27-49)44(53)36-24-33(48(54)55)21-22-37(36)46(43(44)52)25-29-17-19-32(20-18-29)47-38-13-5-7-15-40(38)56-39-14-6-4-12-35(39)42(47)51/h2-15,17-22,24,28,34,49,53H,16,23,25-27H2,1H3/b9-8+/t28-,34-,44+/m0/s1. The van der Waals surface area contributed by atoms with Crippen LogP contribution in [0.4, 0.5) is 22.7 Å². The van der Waals surface area contributed by atoms with Gasteiger partial charge in [0.05, 0.1) is 41.1 Å². The number of nitro groups is 1. The molecule has 3 atom stereocenters. The Balaban J connectivity index is 1.04. The van der Waals surface area contributed by atoms with Crippen molar-refractivity contribution < 1.29 is 34.3 Å². The molecule has 2 N–H and O–H groups in total. The molecule has 0 bridgehead atoms. The number of hydrogen-bond donors (Lipinski definition) is 2. The predicted molar refractivity (Wildman–Crippen MR) is 209 cm³/mol. The maximum Gasteiger partial charge on any atom is 0.269 e. The maximum atomic E-state index is 14.3. The van der Waals surface area contributed by atoms with E-state index in [-0.39, 0.29) is 48.7 Å². The van der Waals surface area contributed by atoms with Crippen LogP contribution in [0.2, 0.25) is 0 Å². The van der Waals surface area contributed by atoms with Crippen LogP contribution < -0.4 is 14.5 Å². The lowest BCUT2D eigenvalue weighted by Gasteiger charge is -2.36. The molecule has 3 aliphatic rings. The summed E-state index contributed by atoms with van der Waals surface area (Å²) in [7, 11) is 0. The molecule has 3 amide bonds. The van der Waals surface area contributed by atoms with Gasteiger partial charge in [-0.25, -0.2) is 0 Å². The zero-order valence-electron chi connectivity index (χ0n) is 30.4. The molecule has 282 valence electrons. The van der Waals surface area contributed by atoms with Crippen molar-refractivity contribution in [2.75, 3.05) is 16.4 Å². The number of anilines is 3. The van der Waals surface area contributed by atoms with Gasteiger partial charge in [0.2, 0.25) is 5.91 Å². The van der Waals surface area contributed by atoms with Gasteiger partial charge in [-0.15, -0.1) is 0 Å². The number of nitrogens with zero attached hydrogens (tertiary/aromatic N) is 4. The molecule has 0 fully saturated rings. The first-order valence-electron chi connectivity index (χ1n) is 18.3. The van der Waals surface area contributed by atoms with Gasteiger partial charge in [0.25, 0.3) is 17.5 Å². The van der Waals surface area contributed by atoms with Gasteiger partial charge in [-0.1, -0.05) is 79.7 Å². The monoisotopic (exact) mass is 750 g/mol. The van der Waals surface area contributed by atoms with E-state index in [0.717, 1.165) is 11.1 Å². The van der Waals surface area contributed by atoms with E-state index in [9.17, 15) is 34.7 Å². The van der Waals surface area contributed by atoms with Crippen LogP contribution in [0.1, 0.15) is 46.0 Å². The Morgan fingerprint density at radius 2 is 1.62 bits per heavy atom. The lowest BCUT2D eigenvalue weighted by Crippen LogP contribution is -2.46. The van der Waals surface area contributed by atoms with Gasteiger partial charge in [-0.3, -0.25) is 29.4 Å². The largest absolute Gasteiger partial charge is 0.454 e. The highest BCUT2D eigenvalue weighted by Gasteiger charge is 2.53. The van der Waals surface area contributed by atoms with E-state index < -0.39 is 22.3 Å². The second-order valence-electron chi connectivity index (χ2n) is 14.2. The molecule has 12 heteroatoms. The minimum Gasteiger partial charge on any atom is -0.454 e. The SMILES string of the molecule is C[C@@H](/C=C/CC(=O)N1Cc2ccccc2C[C@H]1CO)[C@]1(O)C(=O)N(Cc2ccc(N3C(=O)c4ccccc4Oc4ccccc43)cc2)c2ccc([N+](=O)[O-])cc21. The second kappa shape index (κ2) is 14.5. The minimum absolute atomic E-state index is 0.0244. The third-order valence-corrected chi connectivity index (χ3v) is 10.9. The summed E-state index contributed by atoms with van der Waals surface area (Å²) < 4.78 is 6.12. The first-order valence-corrected chi connectivity index (χ1v) is 18.3. The van der Waals surface area contributed by atoms with Crippen molar-refractivity contribution in [3.8, 4) is 11.5 Å². The van der Waals surface area contributed by atoms with Crippen LogP contribution in [-0.2, 0) is 34.7 Å². The molecular weight excluding hydrogens is 713 g/mol. The maximum absolute atomic E-state index is 14.3. The van der Waals surface area contributed by atoms with Gasteiger partial charge in [0.1, 0.15) is 5.75 Å². The van der Waals surface area contributed by atoms with Gasteiger partial charge in [-0.05, 0) is 65.6 Å². The van der Waals surface area contributed by atoms with E-state index in [1.807, 2.05) is 36.4 Å². The number of para-hydroxylation sites is 3. The number of nitro benzene ring substituents is 1. The lowest BCUT2D eigenvalue weighted by molar-refractivity contribution is -0.385. The Morgan fingerprint density at radius 1 is 0.929 bits per heavy atom. The number of fused-ring (bicyclic) bond motifs is 4. The van der Waals surface area contributed by atoms with Gasteiger partial charge >= 0.3 is 0 Å². The summed E-state index contributed by atoms with van der Waals surface area (Å²) in [6, 6.07) is 32.8. The van der Waals surface area contributed by atoms with Crippen molar-refractivity contribution in [3.63, 3.8) is 0 Å². The topological polar surface area (TPSA) is 154 Å². The van der Waals surface area contributed by atoms with Crippen molar-refractivity contribution in [2.45, 2.75) is 44.5 Å². The van der Waals surface area contributed by atoms with Crippen molar-refractivity contribution in [3.05, 3.63) is 165 Å². The average molecular weight is 751 g/mol. The molecular formula is C44H38N4O8. The Morgan fingerprint density at radius 3 is 2.38 bits per heavy atom. The molecule has 0 aromatic heterocycles. The summed E-state index contributed by atoms with van der Waals surface area (Å²) in [5.74, 6) is -1.07. The molecule has 56 heavy (non-hydrogen) atoms. The molecule has 8 rings (SSSR count). The first-order chi connectivity index (χ1) is 27.1. The number of non-ortho nitro benzene ring substituents is 1. The highest BCUT2D eigenvalue weighted by Crippen LogP contribution is 2.48. The number of hydrogen-bond acceptors (Lipinski definition) is 8. The van der Waals surface area contributed by atoms with Crippen LogP contribution in [0.5, 0.6) is 11.5 Å². The molecule has 5 aromatic carbocycles. The van der Waals surface area contributed by atoms with Gasteiger partial charge in [0.15, 0.2) is 11.4 Å². The third-order valence-electron chi connectivity index (χ3n) is 10.9. The highest BCUT2D eigenvalue weighted by molar-refractivity contribution is 6.14. The minimum atomic E-state index is -2.17. The lowest BCUT2D eigenvalue weighted by atomic mass is 9.82. The smallest absolute Gasteiger partial charge is 0.269 e. The number of amides is 3. The van der Waals surface area contributed by atoms with E-state index in [4.69, 9.17) is 4.74 Å². The van der Waals surface area contributed by atoms with E-state index in [1.54, 1.807) is 89.5 Å². The fraction of sp³-hybridized carbons (Fsp3) is 0.205. The van der Waals surface area contributed by atoms with Crippen LogP contribution in [0.3, 0.4) is 0 Å². The number of ether oxygens (including phenoxy) is 1. The number of aliphatic hydroxyl groups is 2. The second-order valence-corrected chi connectivity index (χ2v) is 14.2. The summed E-state index contributed by atoms with van der Waals surface area (Å²) in [6.07, 6.45) is 3.68. The number of aliphatic hydroxyl groups excluding tert-OH is 1. The highest BCUT2D eigenvalue weighted by atomic mass is 16.6. The van der Waals surface area contributed by atoms with Crippen LogP contribution >= 0.6 is 0 Å². The fourth-order valence-corrected chi connectivity index (χ4v) is 7.88. The van der Waals surface area contributed by atoms with Crippen molar-refractivity contribution >= 4 is 40.5 Å². The Kier molecular flexibility index (Phi) is 9.44. The third kappa shape index (κ3) is 6.28. The van der Waals surface area contributed by atoms with E-state index >= 15 is 0 Å². The number of rotatable bonds is 9. The zero-order chi connectivity index (χ0) is 39.1. The van der Waals surface area contributed by atoms with Gasteiger partial charge in [-0.2, -0.15) is 0 Å². The van der Waals surface area contributed by atoms with E-state index in [2.05, 4.69) is 0 Å². The van der Waals surface area contributed by atoms with Gasteiger partial charge < -0.3 is 24.7 Å². The van der Waals surface area contributed by atoms with Crippen molar-refractivity contribution in [1.29, 1.82) is 0 Å². The summed E-state index contributed by atoms with van der Waals surface area (Å²) in [6.45, 7) is 1.83. The number of carbonyl (C=O) groups is 3. The van der Waals surface area contributed by atoms with Crippen molar-refractivity contribution in [2.24, 2.45) is 5.92 Å². The molecule has 3 aliphatic heterocycles. The Labute approximate surface area is 322 Å². The predicted octanol–water partition coefficient (Wildman–Crippen LogP) is 6.94. The quantitative estimate of drug-likeness (QED) is 0.0934. The van der Waals surface area contributed by atoms with Crippen LogP contribution in [-0.4, -0.2) is 50.4 Å². The molecule has 3 heterocycles. The molecule has 0 unspecified atom stereocenters. The summed E-state index contributed by atoms with van der Waals surface area (Å²) in [5.41, 5.74) is 2.29. The van der Waals surface area contributed by atoms with Crippen LogP contribution in [0.25, 0.3) is 0 Å². The average Bonchev–Trinajstić information content (AvgIpc) is 3.34. The molecule has 0 radical (unpaired) electrons. The molecule has 5 aromatic rings. The van der Waals surface area contributed by atoms with Crippen molar-refractivity contribution in [1.82, 2.24) is 4.90 Å². The first kappa shape index (κ1) is 36.4. The molecule has 0 aliphatic carbocycles. The zero-order valence-corrected chi connectivity index (χ0v) is 30.4. The molecule has 0 spiro atoms. The Hall–Kier alpha value is -6.63. The van der Waals surface area contributed by atoms with Crippen LogP contribution in [0, 0.1) is 16.0 Å². The van der Waals surface area contributed by atoms with E-state index in [0.29, 0.717) is 52.7 Å². The Bertz CT molecular complexity index is 2410. The molecule has 0 saturated heterocycles. The normalized spacial score (nSPS) is 19.1. The summed E-state index contributed by atoms with van der Waals surface area (Å²) in [4.78, 5) is 57.5. The summed E-state index contributed by atoms with van der Waals surface area (Å²) in [5, 5.41) is 34.1. The number of benzene rings is 5. The number of carbonyl (C=O) groups excluding carboxylic acids is 3. The molecule has 0 saturated carbocycles. The van der Waals surface area contributed by atoms with Crippen LogP contribution in [0.15, 0.2) is 127 Å². The van der Waals surface area contributed by atoms with Gasteiger partial charge in [0, 0.05) is 42.3 Å². The summed E-state index contributed by atoms with van der Waals surface area (Å²) >= 11 is 0. The fourth-order valence-electron chi connectivity index (χ4n) is 7.88. The molecule has 12 nitrogen and oxygen atoms in total.